The lowest BCUT2D eigenvalue weighted by atomic mass is 10.1. The molecular weight excluding hydrogens is 247 g/mol. The first kappa shape index (κ1) is 13.7. The van der Waals surface area contributed by atoms with Gasteiger partial charge in [0.25, 0.3) is 0 Å². The van der Waals surface area contributed by atoms with Gasteiger partial charge in [-0.3, -0.25) is 0 Å². The zero-order chi connectivity index (χ0) is 12.3. The molecule has 0 amide bonds. The Morgan fingerprint density at radius 3 is 2.00 bits per heavy atom. The maximum absolute atomic E-state index is 6.10. The minimum absolute atomic E-state index is 0.156. The predicted molar refractivity (Wildman–Crippen MR) is 66.2 cm³/mol. The van der Waals surface area contributed by atoms with Crippen LogP contribution in [0.5, 0.6) is 0 Å². The molecule has 0 aliphatic carbocycles. The Morgan fingerprint density at radius 1 is 1.19 bits per heavy atom. The molecule has 0 fully saturated rings. The van der Waals surface area contributed by atoms with Crippen molar-refractivity contribution in [1.29, 1.82) is 0 Å². The minimum Gasteiger partial charge on any atom is -0.373 e. The normalized spacial score (nSPS) is 13.2. The molecule has 0 saturated carbocycles. The zero-order valence-corrected chi connectivity index (χ0v) is 11.4. The molecule has 0 radical (unpaired) electrons. The van der Waals surface area contributed by atoms with E-state index in [2.05, 4.69) is 9.97 Å². The van der Waals surface area contributed by atoms with E-state index in [9.17, 15) is 0 Å². The Labute approximate surface area is 106 Å². The maximum atomic E-state index is 6.10. The van der Waals surface area contributed by atoms with Crippen molar-refractivity contribution in [3.8, 4) is 0 Å². The molecule has 0 aliphatic heterocycles. The highest BCUT2D eigenvalue weighted by Gasteiger charge is 2.18. The van der Waals surface area contributed by atoms with E-state index in [0.29, 0.717) is 16.1 Å². The molecule has 1 aromatic heterocycles. The van der Waals surface area contributed by atoms with Crippen LogP contribution < -0.4 is 0 Å². The number of halogens is 2. The lowest BCUT2D eigenvalue weighted by Crippen LogP contribution is -2.08. The van der Waals surface area contributed by atoms with Gasteiger partial charge in [-0.05, 0) is 12.3 Å². The van der Waals surface area contributed by atoms with Crippen LogP contribution in [-0.2, 0) is 4.74 Å². The third kappa shape index (κ3) is 2.84. The van der Waals surface area contributed by atoms with Crippen LogP contribution in [0.25, 0.3) is 0 Å². The molecule has 5 heteroatoms. The fourth-order valence-electron chi connectivity index (χ4n) is 1.51. The first-order chi connectivity index (χ1) is 7.51. The quantitative estimate of drug-likeness (QED) is 0.770. The lowest BCUT2D eigenvalue weighted by molar-refractivity contribution is 0.0925. The zero-order valence-electron chi connectivity index (χ0n) is 9.92. The van der Waals surface area contributed by atoms with Crippen molar-refractivity contribution >= 4 is 23.2 Å². The Bertz CT molecular complexity index is 342. The maximum Gasteiger partial charge on any atom is 0.160 e. The van der Waals surface area contributed by atoms with E-state index < -0.39 is 0 Å². The van der Waals surface area contributed by atoms with E-state index in [4.69, 9.17) is 27.9 Å². The van der Waals surface area contributed by atoms with E-state index in [1.807, 2.05) is 20.8 Å². The Balaban J connectivity index is 3.18. The number of aromatic nitrogens is 2. The van der Waals surface area contributed by atoms with Crippen molar-refractivity contribution < 1.29 is 4.74 Å². The Hall–Kier alpha value is -0.380. The van der Waals surface area contributed by atoms with Gasteiger partial charge in [-0.25, -0.2) is 9.97 Å². The summed E-state index contributed by atoms with van der Waals surface area (Å²) in [6.45, 7) is 6.00. The van der Waals surface area contributed by atoms with Gasteiger partial charge in [-0.1, -0.05) is 44.0 Å². The fraction of sp³-hybridized carbons (Fsp3) is 0.636. The van der Waals surface area contributed by atoms with Crippen molar-refractivity contribution in [2.45, 2.75) is 39.2 Å². The second-order valence-corrected chi connectivity index (χ2v) is 4.58. The SMILES string of the molecule is CCC(OC)c1nc(Cl)c(C(C)C)c(Cl)n1. The first-order valence-electron chi connectivity index (χ1n) is 5.26. The molecule has 1 unspecified atom stereocenters. The Morgan fingerprint density at radius 2 is 1.69 bits per heavy atom. The van der Waals surface area contributed by atoms with Gasteiger partial charge in [0.1, 0.15) is 16.4 Å². The molecule has 16 heavy (non-hydrogen) atoms. The van der Waals surface area contributed by atoms with Crippen LogP contribution in [0.15, 0.2) is 0 Å². The number of ether oxygens (including phenoxy) is 1. The highest BCUT2D eigenvalue weighted by Crippen LogP contribution is 2.30. The standard InChI is InChI=1S/C11H16Cl2N2O/c1-5-7(16-4)11-14-9(12)8(6(2)3)10(13)15-11/h6-7H,5H2,1-4H3. The summed E-state index contributed by atoms with van der Waals surface area (Å²) >= 11 is 12.2. The minimum atomic E-state index is -0.156. The number of methoxy groups -OCH3 is 1. The monoisotopic (exact) mass is 262 g/mol. The van der Waals surface area contributed by atoms with Gasteiger partial charge in [0.2, 0.25) is 0 Å². The van der Waals surface area contributed by atoms with E-state index in [1.54, 1.807) is 7.11 Å². The van der Waals surface area contributed by atoms with Crippen molar-refractivity contribution in [2.24, 2.45) is 0 Å². The van der Waals surface area contributed by atoms with Crippen LogP contribution >= 0.6 is 23.2 Å². The van der Waals surface area contributed by atoms with Gasteiger partial charge in [-0.15, -0.1) is 0 Å². The third-order valence-corrected chi connectivity index (χ3v) is 2.97. The molecule has 0 N–H and O–H groups in total. The molecule has 0 aromatic carbocycles. The van der Waals surface area contributed by atoms with Gasteiger partial charge >= 0.3 is 0 Å². The van der Waals surface area contributed by atoms with Crippen LogP contribution in [0, 0.1) is 0 Å². The molecule has 0 aliphatic rings. The molecule has 1 heterocycles. The predicted octanol–water partition coefficient (Wildman–Crippen LogP) is 4.00. The molecule has 3 nitrogen and oxygen atoms in total. The third-order valence-electron chi connectivity index (χ3n) is 2.39. The smallest absolute Gasteiger partial charge is 0.160 e. The fourth-order valence-corrected chi connectivity index (χ4v) is 2.34. The van der Waals surface area contributed by atoms with Crippen molar-refractivity contribution in [2.75, 3.05) is 7.11 Å². The number of nitrogens with zero attached hydrogens (tertiary/aromatic N) is 2. The number of hydrogen-bond acceptors (Lipinski definition) is 3. The number of rotatable bonds is 4. The second-order valence-electron chi connectivity index (χ2n) is 3.86. The summed E-state index contributed by atoms with van der Waals surface area (Å²) in [4.78, 5) is 8.48. The summed E-state index contributed by atoms with van der Waals surface area (Å²) in [7, 11) is 1.62. The first-order valence-corrected chi connectivity index (χ1v) is 6.02. The van der Waals surface area contributed by atoms with E-state index in [-0.39, 0.29) is 12.0 Å². The summed E-state index contributed by atoms with van der Waals surface area (Å²) in [5.74, 6) is 0.751. The van der Waals surface area contributed by atoms with Crippen LogP contribution in [-0.4, -0.2) is 17.1 Å². The second kappa shape index (κ2) is 5.80. The topological polar surface area (TPSA) is 35.0 Å². The molecule has 1 aromatic rings. The van der Waals surface area contributed by atoms with Gasteiger partial charge < -0.3 is 4.74 Å². The highest BCUT2D eigenvalue weighted by atomic mass is 35.5. The van der Waals surface area contributed by atoms with Gasteiger partial charge in [0.15, 0.2) is 5.82 Å². The summed E-state index contributed by atoms with van der Waals surface area (Å²) in [6, 6.07) is 0. The average Bonchev–Trinajstić information content (AvgIpc) is 2.17. The Kier molecular flexibility index (Phi) is 4.96. The molecule has 0 bridgehead atoms. The summed E-state index contributed by atoms with van der Waals surface area (Å²) < 4.78 is 5.25. The van der Waals surface area contributed by atoms with Crippen LogP contribution in [0.3, 0.4) is 0 Å². The summed E-state index contributed by atoms with van der Waals surface area (Å²) in [6.07, 6.45) is 0.626. The highest BCUT2D eigenvalue weighted by molar-refractivity contribution is 6.34. The number of hydrogen-bond donors (Lipinski definition) is 0. The summed E-state index contributed by atoms with van der Waals surface area (Å²) in [5, 5.41) is 0.834. The molecule has 0 spiro atoms. The van der Waals surface area contributed by atoms with E-state index in [0.717, 1.165) is 12.0 Å². The van der Waals surface area contributed by atoms with Crippen LogP contribution in [0.1, 0.15) is 50.6 Å². The molecule has 1 rings (SSSR count). The van der Waals surface area contributed by atoms with E-state index >= 15 is 0 Å². The average molecular weight is 263 g/mol. The van der Waals surface area contributed by atoms with Crippen LogP contribution in [0.2, 0.25) is 10.3 Å². The molecule has 1 atom stereocenters. The van der Waals surface area contributed by atoms with Crippen molar-refractivity contribution in [3.05, 3.63) is 21.7 Å². The summed E-state index contributed by atoms with van der Waals surface area (Å²) in [5.41, 5.74) is 0.790. The molecular formula is C11H16Cl2N2O. The van der Waals surface area contributed by atoms with E-state index in [1.165, 1.54) is 0 Å². The largest absolute Gasteiger partial charge is 0.373 e. The van der Waals surface area contributed by atoms with Crippen LogP contribution in [0.4, 0.5) is 0 Å². The van der Waals surface area contributed by atoms with Gasteiger partial charge in [-0.2, -0.15) is 0 Å². The van der Waals surface area contributed by atoms with Crippen molar-refractivity contribution in [1.82, 2.24) is 9.97 Å². The van der Waals surface area contributed by atoms with Gasteiger partial charge in [0, 0.05) is 12.7 Å². The van der Waals surface area contributed by atoms with Gasteiger partial charge in [0.05, 0.1) is 0 Å². The van der Waals surface area contributed by atoms with Crippen molar-refractivity contribution in [3.63, 3.8) is 0 Å². The molecule has 90 valence electrons. The lowest BCUT2D eigenvalue weighted by Gasteiger charge is -2.15. The molecule has 0 saturated heterocycles.